The molecular weight excluding hydrogens is 254 g/mol. The van der Waals surface area contributed by atoms with Gasteiger partial charge in [-0.2, -0.15) is 5.10 Å². The maximum absolute atomic E-state index is 11.6. The Morgan fingerprint density at radius 2 is 2.15 bits per heavy atom. The van der Waals surface area contributed by atoms with Crippen molar-refractivity contribution in [1.29, 1.82) is 0 Å². The van der Waals surface area contributed by atoms with E-state index in [1.165, 1.54) is 0 Å². The van der Waals surface area contributed by atoms with Crippen LogP contribution in [0.2, 0.25) is 0 Å². The van der Waals surface area contributed by atoms with Gasteiger partial charge in [0.15, 0.2) is 0 Å². The molecule has 0 spiro atoms. The molecule has 1 heterocycles. The van der Waals surface area contributed by atoms with Gasteiger partial charge < -0.3 is 16.4 Å². The average Bonchev–Trinajstić information content (AvgIpc) is 2.64. The second-order valence-electron chi connectivity index (χ2n) is 5.46. The van der Waals surface area contributed by atoms with Gasteiger partial charge in [-0.25, -0.2) is 0 Å². The van der Waals surface area contributed by atoms with Gasteiger partial charge in [0.2, 0.25) is 5.91 Å². The van der Waals surface area contributed by atoms with E-state index in [0.717, 1.165) is 24.4 Å². The third kappa shape index (κ3) is 4.75. The molecule has 1 amide bonds. The van der Waals surface area contributed by atoms with Crippen molar-refractivity contribution in [3.05, 3.63) is 5.69 Å². The lowest BCUT2D eigenvalue weighted by atomic mass is 10.2. The Labute approximate surface area is 121 Å². The molecule has 114 valence electrons. The molecule has 0 saturated heterocycles. The SMILES string of the molecule is CCCc1nn(C)c(NCCC(=O)NCC(C)C)c1N. The number of hydrogen-bond donors (Lipinski definition) is 3. The largest absolute Gasteiger partial charge is 0.394 e. The van der Waals surface area contributed by atoms with Gasteiger partial charge in [0.25, 0.3) is 0 Å². The number of aryl methyl sites for hydroxylation is 2. The van der Waals surface area contributed by atoms with Crippen LogP contribution in [0.15, 0.2) is 0 Å². The zero-order valence-corrected chi connectivity index (χ0v) is 13.0. The van der Waals surface area contributed by atoms with Crippen molar-refractivity contribution in [2.24, 2.45) is 13.0 Å². The van der Waals surface area contributed by atoms with Crippen LogP contribution in [-0.4, -0.2) is 28.8 Å². The molecule has 0 saturated carbocycles. The van der Waals surface area contributed by atoms with Gasteiger partial charge in [-0.1, -0.05) is 27.2 Å². The van der Waals surface area contributed by atoms with E-state index < -0.39 is 0 Å². The summed E-state index contributed by atoms with van der Waals surface area (Å²) in [4.78, 5) is 11.6. The summed E-state index contributed by atoms with van der Waals surface area (Å²) in [5.74, 6) is 1.32. The Kier molecular flexibility index (Phi) is 6.35. The third-order valence-electron chi connectivity index (χ3n) is 3.00. The number of nitrogens with zero attached hydrogens (tertiary/aromatic N) is 2. The van der Waals surface area contributed by atoms with Crippen LogP contribution in [-0.2, 0) is 18.3 Å². The van der Waals surface area contributed by atoms with E-state index >= 15 is 0 Å². The summed E-state index contributed by atoms with van der Waals surface area (Å²) in [5, 5.41) is 10.5. The summed E-state index contributed by atoms with van der Waals surface area (Å²) in [5.41, 5.74) is 7.67. The summed E-state index contributed by atoms with van der Waals surface area (Å²) < 4.78 is 1.74. The molecule has 0 aliphatic rings. The lowest BCUT2D eigenvalue weighted by molar-refractivity contribution is -0.120. The highest BCUT2D eigenvalue weighted by Gasteiger charge is 2.12. The molecule has 0 radical (unpaired) electrons. The smallest absolute Gasteiger partial charge is 0.221 e. The minimum atomic E-state index is 0.0562. The molecule has 0 aliphatic heterocycles. The molecule has 0 bridgehead atoms. The van der Waals surface area contributed by atoms with Crippen LogP contribution in [0.4, 0.5) is 11.5 Å². The molecular formula is C14H27N5O. The highest BCUT2D eigenvalue weighted by molar-refractivity contribution is 5.76. The number of carbonyl (C=O) groups excluding carboxylic acids is 1. The Hall–Kier alpha value is -1.72. The third-order valence-corrected chi connectivity index (χ3v) is 3.00. The first-order valence-electron chi connectivity index (χ1n) is 7.27. The van der Waals surface area contributed by atoms with Gasteiger partial charge in [0.1, 0.15) is 5.82 Å². The van der Waals surface area contributed by atoms with Crippen molar-refractivity contribution in [3.8, 4) is 0 Å². The van der Waals surface area contributed by atoms with Gasteiger partial charge in [-0.15, -0.1) is 0 Å². The number of carbonyl (C=O) groups is 1. The Balaban J connectivity index is 2.44. The van der Waals surface area contributed by atoms with E-state index in [1.807, 2.05) is 7.05 Å². The predicted octanol–water partition coefficient (Wildman–Crippen LogP) is 1.53. The normalized spacial score (nSPS) is 10.8. The van der Waals surface area contributed by atoms with Crippen molar-refractivity contribution in [2.75, 3.05) is 24.1 Å². The van der Waals surface area contributed by atoms with Crippen molar-refractivity contribution in [3.63, 3.8) is 0 Å². The Bertz CT molecular complexity index is 439. The lowest BCUT2D eigenvalue weighted by Gasteiger charge is -2.09. The standard InChI is InChI=1S/C14H27N5O/c1-5-6-11-13(15)14(19(4)18-11)16-8-7-12(20)17-9-10(2)3/h10,16H,5-9,15H2,1-4H3,(H,17,20). The second kappa shape index (κ2) is 7.77. The topological polar surface area (TPSA) is 85.0 Å². The average molecular weight is 281 g/mol. The van der Waals surface area contributed by atoms with Crippen LogP contribution in [0.5, 0.6) is 0 Å². The summed E-state index contributed by atoms with van der Waals surface area (Å²) in [7, 11) is 1.86. The van der Waals surface area contributed by atoms with Gasteiger partial charge in [0, 0.05) is 26.6 Å². The number of hydrogen-bond acceptors (Lipinski definition) is 4. The van der Waals surface area contributed by atoms with Crippen molar-refractivity contribution in [1.82, 2.24) is 15.1 Å². The first kappa shape index (κ1) is 16.3. The minimum Gasteiger partial charge on any atom is -0.394 e. The number of amides is 1. The molecule has 1 aromatic rings. The fraction of sp³-hybridized carbons (Fsp3) is 0.714. The number of rotatable bonds is 8. The molecule has 0 aromatic carbocycles. The van der Waals surface area contributed by atoms with E-state index in [-0.39, 0.29) is 5.91 Å². The van der Waals surface area contributed by atoms with Gasteiger partial charge in [0.05, 0.1) is 11.4 Å². The number of nitrogen functional groups attached to an aromatic ring is 1. The quantitative estimate of drug-likeness (QED) is 0.674. The highest BCUT2D eigenvalue weighted by atomic mass is 16.1. The van der Waals surface area contributed by atoms with Crippen molar-refractivity contribution in [2.45, 2.75) is 40.0 Å². The summed E-state index contributed by atoms with van der Waals surface area (Å²) in [6.07, 6.45) is 2.31. The van der Waals surface area contributed by atoms with E-state index in [9.17, 15) is 4.79 Å². The molecule has 1 aromatic heterocycles. The first-order valence-corrected chi connectivity index (χ1v) is 7.27. The number of aromatic nitrogens is 2. The van der Waals surface area contributed by atoms with E-state index in [1.54, 1.807) is 4.68 Å². The zero-order chi connectivity index (χ0) is 15.1. The van der Waals surface area contributed by atoms with E-state index in [0.29, 0.717) is 31.1 Å². The summed E-state index contributed by atoms with van der Waals surface area (Å²) in [6, 6.07) is 0. The maximum Gasteiger partial charge on any atom is 0.221 e. The van der Waals surface area contributed by atoms with Crippen LogP contribution in [0.1, 0.15) is 39.3 Å². The van der Waals surface area contributed by atoms with E-state index in [4.69, 9.17) is 5.73 Å². The second-order valence-corrected chi connectivity index (χ2v) is 5.46. The number of nitrogens with two attached hydrogens (primary N) is 1. The predicted molar refractivity (Wildman–Crippen MR) is 82.6 cm³/mol. The maximum atomic E-state index is 11.6. The van der Waals surface area contributed by atoms with Gasteiger partial charge >= 0.3 is 0 Å². The lowest BCUT2D eigenvalue weighted by Crippen LogP contribution is -2.28. The Morgan fingerprint density at radius 1 is 1.45 bits per heavy atom. The molecule has 0 atom stereocenters. The molecule has 4 N–H and O–H groups in total. The monoisotopic (exact) mass is 281 g/mol. The molecule has 0 unspecified atom stereocenters. The van der Waals surface area contributed by atoms with Crippen LogP contribution in [0, 0.1) is 5.92 Å². The molecule has 6 nitrogen and oxygen atoms in total. The zero-order valence-electron chi connectivity index (χ0n) is 13.0. The van der Waals surface area contributed by atoms with Crippen LogP contribution >= 0.6 is 0 Å². The summed E-state index contributed by atoms with van der Waals surface area (Å²) >= 11 is 0. The minimum absolute atomic E-state index is 0.0562. The van der Waals surface area contributed by atoms with Crippen LogP contribution in [0.3, 0.4) is 0 Å². The van der Waals surface area contributed by atoms with Gasteiger partial charge in [-0.05, 0) is 12.3 Å². The molecule has 20 heavy (non-hydrogen) atoms. The Morgan fingerprint density at radius 3 is 2.75 bits per heavy atom. The highest BCUT2D eigenvalue weighted by Crippen LogP contribution is 2.22. The molecule has 0 aliphatic carbocycles. The molecule has 1 rings (SSSR count). The van der Waals surface area contributed by atoms with Crippen molar-refractivity contribution < 1.29 is 4.79 Å². The fourth-order valence-corrected chi connectivity index (χ4v) is 1.93. The summed E-state index contributed by atoms with van der Waals surface area (Å²) in [6.45, 7) is 7.51. The molecule has 0 fully saturated rings. The number of anilines is 2. The van der Waals surface area contributed by atoms with E-state index in [2.05, 4.69) is 36.5 Å². The van der Waals surface area contributed by atoms with Crippen molar-refractivity contribution >= 4 is 17.4 Å². The number of nitrogens with one attached hydrogen (secondary N) is 2. The first-order chi connectivity index (χ1) is 9.45. The van der Waals surface area contributed by atoms with Crippen LogP contribution < -0.4 is 16.4 Å². The van der Waals surface area contributed by atoms with Gasteiger partial charge in [-0.3, -0.25) is 9.48 Å². The van der Waals surface area contributed by atoms with Crippen LogP contribution in [0.25, 0.3) is 0 Å². The molecule has 6 heteroatoms. The fourth-order valence-electron chi connectivity index (χ4n) is 1.93.